The van der Waals surface area contributed by atoms with Gasteiger partial charge in [0.1, 0.15) is 9.71 Å². The van der Waals surface area contributed by atoms with E-state index in [1.807, 2.05) is 37.7 Å². The number of aromatic nitrogens is 1. The molecule has 4 nitrogen and oxygen atoms in total. The van der Waals surface area contributed by atoms with Crippen molar-refractivity contribution in [2.75, 3.05) is 17.2 Å². The van der Waals surface area contributed by atoms with E-state index < -0.39 is 0 Å². The van der Waals surface area contributed by atoms with Crippen molar-refractivity contribution < 1.29 is 4.79 Å². The van der Waals surface area contributed by atoms with Gasteiger partial charge in [0.15, 0.2) is 0 Å². The first-order valence-electron chi connectivity index (χ1n) is 7.07. The van der Waals surface area contributed by atoms with E-state index in [4.69, 9.17) is 5.73 Å². The summed E-state index contributed by atoms with van der Waals surface area (Å²) < 4.78 is 0. The molecule has 2 heterocycles. The number of nitrogens with one attached hydrogen (secondary N) is 1. The van der Waals surface area contributed by atoms with Crippen LogP contribution in [0.25, 0.3) is 10.2 Å². The number of hydrogen-bond acceptors (Lipinski definition) is 5. The molecule has 2 aromatic rings. The lowest BCUT2D eigenvalue weighted by Crippen LogP contribution is -2.32. The van der Waals surface area contributed by atoms with Crippen molar-refractivity contribution in [2.24, 2.45) is 0 Å². The maximum atomic E-state index is 12.3. The first-order chi connectivity index (χ1) is 10.0. The van der Waals surface area contributed by atoms with Crippen LogP contribution in [0.4, 0.5) is 5.69 Å². The summed E-state index contributed by atoms with van der Waals surface area (Å²) in [6.07, 6.45) is 0.965. The fraction of sp³-hybridized carbons (Fsp3) is 0.467. The van der Waals surface area contributed by atoms with E-state index in [0.29, 0.717) is 10.6 Å². The van der Waals surface area contributed by atoms with Gasteiger partial charge in [-0.25, -0.2) is 4.98 Å². The Morgan fingerprint density at radius 1 is 1.52 bits per heavy atom. The average Bonchev–Trinajstić information content (AvgIpc) is 2.75. The van der Waals surface area contributed by atoms with Crippen molar-refractivity contribution in [1.82, 2.24) is 10.3 Å². The van der Waals surface area contributed by atoms with Gasteiger partial charge in [0.05, 0.1) is 5.69 Å². The molecule has 0 radical (unpaired) electrons. The number of hydrogen-bond donors (Lipinski definition) is 2. The van der Waals surface area contributed by atoms with Crippen LogP contribution in [0.15, 0.2) is 12.1 Å². The number of pyridine rings is 1. The summed E-state index contributed by atoms with van der Waals surface area (Å²) in [6.45, 7) is 6.10. The SMILES string of the molecule is CCSCCC(C)NC(=O)c1sc2nc(C)ccc2c1N. The van der Waals surface area contributed by atoms with Gasteiger partial charge in [-0.2, -0.15) is 11.8 Å². The lowest BCUT2D eigenvalue weighted by molar-refractivity contribution is 0.0944. The Hall–Kier alpha value is -1.27. The molecule has 0 aliphatic carbocycles. The molecule has 1 atom stereocenters. The van der Waals surface area contributed by atoms with Crippen LogP contribution < -0.4 is 11.1 Å². The number of thioether (sulfide) groups is 1. The highest BCUT2D eigenvalue weighted by atomic mass is 32.2. The summed E-state index contributed by atoms with van der Waals surface area (Å²) in [4.78, 5) is 18.2. The third-order valence-electron chi connectivity index (χ3n) is 3.22. The molecule has 1 amide bonds. The summed E-state index contributed by atoms with van der Waals surface area (Å²) in [5, 5.41) is 3.89. The maximum absolute atomic E-state index is 12.3. The quantitative estimate of drug-likeness (QED) is 0.799. The topological polar surface area (TPSA) is 68.0 Å². The van der Waals surface area contributed by atoms with Gasteiger partial charge < -0.3 is 11.1 Å². The van der Waals surface area contributed by atoms with Crippen molar-refractivity contribution in [3.63, 3.8) is 0 Å². The van der Waals surface area contributed by atoms with Crippen LogP contribution in [0.1, 0.15) is 35.6 Å². The number of nitrogens with two attached hydrogens (primary N) is 1. The molecule has 3 N–H and O–H groups in total. The average molecular weight is 323 g/mol. The van der Waals surface area contributed by atoms with Crippen LogP contribution in [0.5, 0.6) is 0 Å². The molecule has 1 unspecified atom stereocenters. The highest BCUT2D eigenvalue weighted by molar-refractivity contribution is 7.99. The normalized spacial score (nSPS) is 12.5. The zero-order valence-electron chi connectivity index (χ0n) is 12.6. The number of nitrogens with zero attached hydrogens (tertiary/aromatic N) is 1. The summed E-state index contributed by atoms with van der Waals surface area (Å²) >= 11 is 3.25. The largest absolute Gasteiger partial charge is 0.397 e. The van der Waals surface area contributed by atoms with Gasteiger partial charge >= 0.3 is 0 Å². The van der Waals surface area contributed by atoms with Crippen LogP contribution in [-0.4, -0.2) is 28.4 Å². The fourth-order valence-electron chi connectivity index (χ4n) is 2.02. The molecule has 0 aromatic carbocycles. The van der Waals surface area contributed by atoms with Crippen LogP contribution >= 0.6 is 23.1 Å². The molecule has 0 fully saturated rings. The van der Waals surface area contributed by atoms with Gasteiger partial charge in [-0.1, -0.05) is 6.92 Å². The molecule has 114 valence electrons. The predicted octanol–water partition coefficient (Wildman–Crippen LogP) is 3.45. The standard InChI is InChI=1S/C15H21N3OS2/c1-4-20-8-7-10(3)17-14(19)13-12(16)11-6-5-9(2)18-15(11)21-13/h5-6,10H,4,7-8,16H2,1-3H3,(H,17,19). The molecular formula is C15H21N3OS2. The number of nitrogen functional groups attached to an aromatic ring is 1. The zero-order valence-corrected chi connectivity index (χ0v) is 14.2. The second kappa shape index (κ2) is 7.13. The Balaban J connectivity index is 2.10. The van der Waals surface area contributed by atoms with E-state index in [9.17, 15) is 4.79 Å². The van der Waals surface area contributed by atoms with E-state index in [0.717, 1.165) is 33.8 Å². The van der Waals surface area contributed by atoms with Crippen LogP contribution in [0.2, 0.25) is 0 Å². The van der Waals surface area contributed by atoms with Crippen molar-refractivity contribution >= 4 is 44.9 Å². The number of carbonyl (C=O) groups is 1. The first kappa shape index (κ1) is 16.1. The Morgan fingerprint density at radius 2 is 2.29 bits per heavy atom. The van der Waals surface area contributed by atoms with Crippen LogP contribution in [0, 0.1) is 6.92 Å². The zero-order chi connectivity index (χ0) is 15.4. The second-order valence-electron chi connectivity index (χ2n) is 5.01. The summed E-state index contributed by atoms with van der Waals surface area (Å²) in [7, 11) is 0. The summed E-state index contributed by atoms with van der Waals surface area (Å²) in [5.74, 6) is 2.07. The maximum Gasteiger partial charge on any atom is 0.263 e. The molecule has 0 aliphatic heterocycles. The molecule has 21 heavy (non-hydrogen) atoms. The van der Waals surface area contributed by atoms with E-state index >= 15 is 0 Å². The third kappa shape index (κ3) is 3.89. The Morgan fingerprint density at radius 3 is 3.00 bits per heavy atom. The molecule has 0 aliphatic rings. The van der Waals surface area contributed by atoms with E-state index in [1.165, 1.54) is 11.3 Å². The van der Waals surface area contributed by atoms with Crippen molar-refractivity contribution in [3.8, 4) is 0 Å². The number of thiophene rings is 1. The second-order valence-corrected chi connectivity index (χ2v) is 7.40. The van der Waals surface area contributed by atoms with E-state index in [1.54, 1.807) is 0 Å². The predicted molar refractivity (Wildman–Crippen MR) is 93.3 cm³/mol. The van der Waals surface area contributed by atoms with Gasteiger partial charge in [0.25, 0.3) is 5.91 Å². The molecule has 0 bridgehead atoms. The Bertz CT molecular complexity index is 639. The minimum atomic E-state index is -0.0952. The van der Waals surface area contributed by atoms with Gasteiger partial charge in [-0.15, -0.1) is 11.3 Å². The van der Waals surface area contributed by atoms with Gasteiger partial charge in [-0.3, -0.25) is 4.79 Å². The van der Waals surface area contributed by atoms with E-state index in [-0.39, 0.29) is 11.9 Å². The van der Waals surface area contributed by atoms with Crippen LogP contribution in [0.3, 0.4) is 0 Å². The Kier molecular flexibility index (Phi) is 5.47. The molecule has 0 saturated heterocycles. The third-order valence-corrected chi connectivity index (χ3v) is 5.26. The first-order valence-corrected chi connectivity index (χ1v) is 9.04. The molecule has 6 heteroatoms. The molecule has 0 saturated carbocycles. The number of amides is 1. The van der Waals surface area contributed by atoms with E-state index in [2.05, 4.69) is 17.2 Å². The monoisotopic (exact) mass is 323 g/mol. The number of fused-ring (bicyclic) bond motifs is 1. The smallest absolute Gasteiger partial charge is 0.263 e. The number of carbonyl (C=O) groups excluding carboxylic acids is 1. The van der Waals surface area contributed by atoms with Gasteiger partial charge in [0.2, 0.25) is 0 Å². The molecular weight excluding hydrogens is 302 g/mol. The fourth-order valence-corrected chi connectivity index (χ4v) is 3.88. The number of rotatable bonds is 6. The van der Waals surface area contributed by atoms with Gasteiger partial charge in [-0.05, 0) is 43.9 Å². The molecule has 2 aromatic heterocycles. The van der Waals surface area contributed by atoms with Crippen molar-refractivity contribution in [2.45, 2.75) is 33.2 Å². The summed E-state index contributed by atoms with van der Waals surface area (Å²) in [6, 6.07) is 4.00. The highest BCUT2D eigenvalue weighted by Crippen LogP contribution is 2.32. The molecule has 0 spiro atoms. The van der Waals surface area contributed by atoms with Crippen molar-refractivity contribution in [3.05, 3.63) is 22.7 Å². The van der Waals surface area contributed by atoms with Crippen LogP contribution in [-0.2, 0) is 0 Å². The summed E-state index contributed by atoms with van der Waals surface area (Å²) in [5.41, 5.74) is 7.56. The number of anilines is 1. The minimum Gasteiger partial charge on any atom is -0.397 e. The Labute approximate surface area is 133 Å². The lowest BCUT2D eigenvalue weighted by atomic mass is 10.2. The molecule has 2 rings (SSSR count). The van der Waals surface area contributed by atoms with Crippen molar-refractivity contribution in [1.29, 1.82) is 0 Å². The highest BCUT2D eigenvalue weighted by Gasteiger charge is 2.18. The lowest BCUT2D eigenvalue weighted by Gasteiger charge is -2.12. The number of aryl methyl sites for hydroxylation is 1. The minimum absolute atomic E-state index is 0.0952. The van der Waals surface area contributed by atoms with Gasteiger partial charge in [0, 0.05) is 17.1 Å².